The Hall–Kier alpha value is -1.81. The van der Waals surface area contributed by atoms with Crippen LogP contribution in [0, 0.1) is 6.92 Å². The summed E-state index contributed by atoms with van der Waals surface area (Å²) in [6.07, 6.45) is 2.98. The lowest BCUT2D eigenvalue weighted by Crippen LogP contribution is -2.29. The Bertz CT molecular complexity index is 813. The maximum atomic E-state index is 6.19. The zero-order chi connectivity index (χ0) is 17.1. The average Bonchev–Trinajstić information content (AvgIpc) is 2.91. The number of benzene rings is 2. The number of fused-ring (bicyclic) bond motifs is 1. The predicted molar refractivity (Wildman–Crippen MR) is 101 cm³/mol. The van der Waals surface area contributed by atoms with Crippen LogP contribution in [0.25, 0.3) is 10.9 Å². The zero-order valence-corrected chi connectivity index (χ0v) is 14.8. The Labute approximate surface area is 148 Å². The fraction of sp³-hybridized carbons (Fsp3) is 0.300. The molecule has 3 aromatic rings. The Kier molecular flexibility index (Phi) is 5.24. The van der Waals surface area contributed by atoms with E-state index >= 15 is 0 Å². The second-order valence-corrected chi connectivity index (χ2v) is 6.52. The van der Waals surface area contributed by atoms with E-state index in [0.717, 1.165) is 17.0 Å². The van der Waals surface area contributed by atoms with Gasteiger partial charge in [-0.15, -0.1) is 0 Å². The molecule has 1 aromatic heterocycles. The molecule has 0 aliphatic rings. The molecule has 0 saturated carbocycles. The monoisotopic (exact) mass is 342 g/mol. The van der Waals surface area contributed by atoms with Gasteiger partial charge in [-0.2, -0.15) is 0 Å². The standard InChI is InChI=1S/C20H23ClN2O/c1-14-13-23(18-9-8-16(21)12-17(14)18)20(19(24-2)10-11-22)15-6-4-3-5-7-15/h3-9,12-13,19-20H,10-11,22H2,1-2H3. The molecule has 3 rings (SSSR count). The van der Waals surface area contributed by atoms with Gasteiger partial charge in [-0.05, 0) is 49.2 Å². The summed E-state index contributed by atoms with van der Waals surface area (Å²) >= 11 is 6.19. The molecule has 24 heavy (non-hydrogen) atoms. The van der Waals surface area contributed by atoms with Crippen molar-refractivity contribution in [3.8, 4) is 0 Å². The molecule has 0 amide bonds. The first-order valence-electron chi connectivity index (χ1n) is 8.20. The molecule has 0 aliphatic heterocycles. The Morgan fingerprint density at radius 2 is 1.92 bits per heavy atom. The lowest BCUT2D eigenvalue weighted by Gasteiger charge is -2.28. The van der Waals surface area contributed by atoms with Crippen molar-refractivity contribution in [1.82, 2.24) is 4.57 Å². The normalized spacial score (nSPS) is 14.0. The fourth-order valence-corrected chi connectivity index (χ4v) is 3.57. The smallest absolute Gasteiger partial charge is 0.0848 e. The molecular formula is C20H23ClN2O. The van der Waals surface area contributed by atoms with Crippen molar-refractivity contribution in [3.63, 3.8) is 0 Å². The number of hydrogen-bond acceptors (Lipinski definition) is 2. The summed E-state index contributed by atoms with van der Waals surface area (Å²) in [6, 6.07) is 16.5. The highest BCUT2D eigenvalue weighted by molar-refractivity contribution is 6.31. The lowest BCUT2D eigenvalue weighted by molar-refractivity contribution is 0.0660. The molecule has 2 aromatic carbocycles. The number of halogens is 1. The maximum absolute atomic E-state index is 6.19. The highest BCUT2D eigenvalue weighted by Crippen LogP contribution is 2.33. The van der Waals surface area contributed by atoms with Gasteiger partial charge in [-0.1, -0.05) is 41.9 Å². The van der Waals surface area contributed by atoms with Gasteiger partial charge in [0, 0.05) is 29.2 Å². The molecular weight excluding hydrogens is 320 g/mol. The topological polar surface area (TPSA) is 40.2 Å². The Morgan fingerprint density at radius 3 is 2.58 bits per heavy atom. The van der Waals surface area contributed by atoms with E-state index in [-0.39, 0.29) is 12.1 Å². The van der Waals surface area contributed by atoms with Gasteiger partial charge in [-0.25, -0.2) is 0 Å². The number of ether oxygens (including phenoxy) is 1. The molecule has 0 bridgehead atoms. The summed E-state index contributed by atoms with van der Waals surface area (Å²) in [5.41, 5.74) is 9.40. The number of nitrogens with two attached hydrogens (primary N) is 1. The summed E-state index contributed by atoms with van der Waals surface area (Å²) in [5, 5.41) is 1.93. The predicted octanol–water partition coefficient (Wildman–Crippen LogP) is 4.56. The van der Waals surface area contributed by atoms with E-state index in [0.29, 0.717) is 6.54 Å². The van der Waals surface area contributed by atoms with Gasteiger partial charge in [0.2, 0.25) is 0 Å². The van der Waals surface area contributed by atoms with Crippen LogP contribution >= 0.6 is 11.6 Å². The van der Waals surface area contributed by atoms with Crippen molar-refractivity contribution in [3.05, 3.63) is 70.9 Å². The van der Waals surface area contributed by atoms with Crippen LogP contribution in [-0.4, -0.2) is 24.3 Å². The number of aryl methyl sites for hydroxylation is 1. The van der Waals surface area contributed by atoms with Crippen LogP contribution in [0.3, 0.4) is 0 Å². The van der Waals surface area contributed by atoms with E-state index < -0.39 is 0 Å². The summed E-state index contributed by atoms with van der Waals surface area (Å²) in [5.74, 6) is 0. The summed E-state index contributed by atoms with van der Waals surface area (Å²) in [6.45, 7) is 2.70. The molecule has 0 aliphatic carbocycles. The molecule has 0 radical (unpaired) electrons. The number of methoxy groups -OCH3 is 1. The van der Waals surface area contributed by atoms with Crippen LogP contribution in [0.4, 0.5) is 0 Å². The van der Waals surface area contributed by atoms with Crippen LogP contribution in [0.5, 0.6) is 0 Å². The SMILES string of the molecule is COC(CCN)C(c1ccccc1)n1cc(C)c2cc(Cl)ccc21. The highest BCUT2D eigenvalue weighted by Gasteiger charge is 2.26. The van der Waals surface area contributed by atoms with Gasteiger partial charge in [0.25, 0.3) is 0 Å². The van der Waals surface area contributed by atoms with Gasteiger partial charge in [0.05, 0.1) is 12.1 Å². The fourth-order valence-electron chi connectivity index (χ4n) is 3.40. The lowest BCUT2D eigenvalue weighted by atomic mass is 9.98. The average molecular weight is 343 g/mol. The largest absolute Gasteiger partial charge is 0.379 e. The first-order valence-corrected chi connectivity index (χ1v) is 8.58. The van der Waals surface area contributed by atoms with Gasteiger partial charge < -0.3 is 15.0 Å². The quantitative estimate of drug-likeness (QED) is 0.713. The van der Waals surface area contributed by atoms with Crippen molar-refractivity contribution < 1.29 is 4.74 Å². The number of aromatic nitrogens is 1. The molecule has 0 fully saturated rings. The van der Waals surface area contributed by atoms with E-state index in [1.807, 2.05) is 18.2 Å². The minimum absolute atomic E-state index is 0.00285. The third-order valence-electron chi connectivity index (χ3n) is 4.54. The molecule has 1 heterocycles. The molecule has 3 nitrogen and oxygen atoms in total. The second-order valence-electron chi connectivity index (χ2n) is 6.09. The van der Waals surface area contributed by atoms with E-state index in [9.17, 15) is 0 Å². The second kappa shape index (κ2) is 7.39. The van der Waals surface area contributed by atoms with E-state index in [2.05, 4.69) is 48.0 Å². The Balaban J connectivity index is 2.19. The van der Waals surface area contributed by atoms with Crippen molar-refractivity contribution >= 4 is 22.5 Å². The third kappa shape index (κ3) is 3.20. The summed E-state index contributed by atoms with van der Waals surface area (Å²) in [7, 11) is 1.76. The molecule has 2 unspecified atom stereocenters. The van der Waals surface area contributed by atoms with Gasteiger partial charge in [-0.3, -0.25) is 0 Å². The van der Waals surface area contributed by atoms with E-state index in [1.54, 1.807) is 7.11 Å². The molecule has 2 N–H and O–H groups in total. The van der Waals surface area contributed by atoms with Gasteiger partial charge in [0.15, 0.2) is 0 Å². The van der Waals surface area contributed by atoms with Crippen LogP contribution in [0.1, 0.15) is 23.6 Å². The molecule has 0 spiro atoms. The van der Waals surface area contributed by atoms with Crippen LogP contribution in [0.15, 0.2) is 54.7 Å². The van der Waals surface area contributed by atoms with Gasteiger partial charge in [0.1, 0.15) is 0 Å². The van der Waals surface area contributed by atoms with Crippen molar-refractivity contribution in [2.24, 2.45) is 5.73 Å². The summed E-state index contributed by atoms with van der Waals surface area (Å²) in [4.78, 5) is 0. The molecule has 126 valence electrons. The first kappa shape index (κ1) is 17.0. The number of hydrogen-bond donors (Lipinski definition) is 1. The van der Waals surface area contributed by atoms with Crippen molar-refractivity contribution in [1.29, 1.82) is 0 Å². The molecule has 4 heteroatoms. The highest BCUT2D eigenvalue weighted by atomic mass is 35.5. The van der Waals surface area contributed by atoms with Gasteiger partial charge >= 0.3 is 0 Å². The van der Waals surface area contributed by atoms with E-state index in [1.165, 1.54) is 16.5 Å². The summed E-state index contributed by atoms with van der Waals surface area (Å²) < 4.78 is 8.11. The first-order chi connectivity index (χ1) is 11.7. The molecule has 2 atom stereocenters. The van der Waals surface area contributed by atoms with Crippen LogP contribution in [-0.2, 0) is 4.74 Å². The number of nitrogens with zero attached hydrogens (tertiary/aromatic N) is 1. The maximum Gasteiger partial charge on any atom is 0.0848 e. The number of rotatable bonds is 6. The third-order valence-corrected chi connectivity index (χ3v) is 4.78. The van der Waals surface area contributed by atoms with Crippen molar-refractivity contribution in [2.75, 3.05) is 13.7 Å². The van der Waals surface area contributed by atoms with Crippen LogP contribution < -0.4 is 5.73 Å². The minimum Gasteiger partial charge on any atom is -0.379 e. The van der Waals surface area contributed by atoms with Crippen LogP contribution in [0.2, 0.25) is 5.02 Å². The van der Waals surface area contributed by atoms with Crippen molar-refractivity contribution in [2.45, 2.75) is 25.5 Å². The van der Waals surface area contributed by atoms with E-state index in [4.69, 9.17) is 22.1 Å². The zero-order valence-electron chi connectivity index (χ0n) is 14.1. The Morgan fingerprint density at radius 1 is 1.17 bits per heavy atom. The minimum atomic E-state index is 0.00285. The molecule has 0 saturated heterocycles.